The van der Waals surface area contributed by atoms with Gasteiger partial charge in [0.15, 0.2) is 11.1 Å². The SMILES string of the molecule is C#Cc1ccccc1S(=O)O. The molecule has 11 heavy (non-hydrogen) atoms. The molecule has 1 rings (SSSR count). The van der Waals surface area contributed by atoms with Crippen LogP contribution in [0.3, 0.4) is 0 Å². The third kappa shape index (κ3) is 1.67. The minimum absolute atomic E-state index is 0.287. The highest BCUT2D eigenvalue weighted by Gasteiger charge is 2.02. The lowest BCUT2D eigenvalue weighted by atomic mass is 10.2. The van der Waals surface area contributed by atoms with Crippen LogP contribution in [0.25, 0.3) is 0 Å². The fraction of sp³-hybridized carbons (Fsp3) is 0. The lowest BCUT2D eigenvalue weighted by Crippen LogP contribution is -1.91. The molecule has 0 spiro atoms. The maximum atomic E-state index is 10.6. The van der Waals surface area contributed by atoms with Crippen molar-refractivity contribution in [3.63, 3.8) is 0 Å². The van der Waals surface area contributed by atoms with Crippen LogP contribution in [0.5, 0.6) is 0 Å². The fourth-order valence-electron chi connectivity index (χ4n) is 0.738. The second kappa shape index (κ2) is 3.33. The Morgan fingerprint density at radius 1 is 1.45 bits per heavy atom. The molecule has 1 atom stereocenters. The maximum Gasteiger partial charge on any atom is 0.187 e. The Balaban J connectivity index is 3.26. The average molecular weight is 166 g/mol. The van der Waals surface area contributed by atoms with Crippen LogP contribution >= 0.6 is 0 Å². The molecule has 0 aliphatic heterocycles. The van der Waals surface area contributed by atoms with Crippen molar-refractivity contribution in [3.05, 3.63) is 29.8 Å². The topological polar surface area (TPSA) is 37.3 Å². The molecular weight excluding hydrogens is 160 g/mol. The Kier molecular flexibility index (Phi) is 2.42. The lowest BCUT2D eigenvalue weighted by Gasteiger charge is -1.96. The molecule has 0 aromatic heterocycles. The Bertz CT molecular complexity index is 325. The molecule has 0 saturated carbocycles. The zero-order valence-electron chi connectivity index (χ0n) is 5.65. The largest absolute Gasteiger partial charge is 0.302 e. The third-order valence-corrected chi connectivity index (χ3v) is 1.96. The van der Waals surface area contributed by atoms with Gasteiger partial charge >= 0.3 is 0 Å². The molecule has 0 aliphatic carbocycles. The van der Waals surface area contributed by atoms with E-state index in [1.54, 1.807) is 18.2 Å². The van der Waals surface area contributed by atoms with Gasteiger partial charge in [0.05, 0.1) is 4.90 Å². The van der Waals surface area contributed by atoms with Crippen molar-refractivity contribution in [2.45, 2.75) is 4.90 Å². The van der Waals surface area contributed by atoms with E-state index in [0.29, 0.717) is 5.56 Å². The number of terminal acetylenes is 1. The third-order valence-electron chi connectivity index (χ3n) is 1.23. The smallest absolute Gasteiger partial charge is 0.187 e. The van der Waals surface area contributed by atoms with E-state index in [4.69, 9.17) is 11.0 Å². The van der Waals surface area contributed by atoms with Gasteiger partial charge in [-0.3, -0.25) is 0 Å². The normalized spacial score (nSPS) is 12.0. The first-order chi connectivity index (χ1) is 5.25. The number of hydrogen-bond donors (Lipinski definition) is 1. The van der Waals surface area contributed by atoms with E-state index >= 15 is 0 Å². The van der Waals surface area contributed by atoms with Gasteiger partial charge < -0.3 is 4.55 Å². The minimum atomic E-state index is -1.98. The molecule has 0 fully saturated rings. The van der Waals surface area contributed by atoms with E-state index in [1.807, 2.05) is 0 Å². The van der Waals surface area contributed by atoms with Crippen LogP contribution in [0, 0.1) is 12.3 Å². The first-order valence-electron chi connectivity index (χ1n) is 2.92. The summed E-state index contributed by atoms with van der Waals surface area (Å²) in [7, 11) is 0. The van der Waals surface area contributed by atoms with Crippen molar-refractivity contribution in [3.8, 4) is 12.3 Å². The zero-order valence-corrected chi connectivity index (χ0v) is 6.47. The highest BCUT2D eigenvalue weighted by molar-refractivity contribution is 7.79. The van der Waals surface area contributed by atoms with Crippen LogP contribution in [-0.4, -0.2) is 8.76 Å². The van der Waals surface area contributed by atoms with Crippen molar-refractivity contribution in [1.82, 2.24) is 0 Å². The standard InChI is InChI=1S/C8H6O2S/c1-2-7-5-3-4-6-8(7)11(9)10/h1,3-6H,(H,9,10). The second-order valence-corrected chi connectivity index (χ2v) is 2.83. The lowest BCUT2D eigenvalue weighted by molar-refractivity contribution is 0.564. The van der Waals surface area contributed by atoms with E-state index in [0.717, 1.165) is 0 Å². The molecular formula is C8H6O2S. The number of hydrogen-bond acceptors (Lipinski definition) is 1. The van der Waals surface area contributed by atoms with Gasteiger partial charge in [-0.15, -0.1) is 6.42 Å². The van der Waals surface area contributed by atoms with Gasteiger partial charge in [-0.25, -0.2) is 4.21 Å². The van der Waals surface area contributed by atoms with Crippen LogP contribution in [0.1, 0.15) is 5.56 Å². The molecule has 0 saturated heterocycles. The summed E-state index contributed by atoms with van der Waals surface area (Å²) in [5.74, 6) is 2.32. The van der Waals surface area contributed by atoms with Crippen LogP contribution < -0.4 is 0 Å². The van der Waals surface area contributed by atoms with E-state index in [1.165, 1.54) is 6.07 Å². The van der Waals surface area contributed by atoms with Crippen molar-refractivity contribution in [1.29, 1.82) is 0 Å². The molecule has 0 bridgehead atoms. The predicted molar refractivity (Wildman–Crippen MR) is 43.4 cm³/mol. The summed E-state index contributed by atoms with van der Waals surface area (Å²) in [6, 6.07) is 6.56. The van der Waals surface area contributed by atoms with Gasteiger partial charge in [0, 0.05) is 5.56 Å². The van der Waals surface area contributed by atoms with Crippen LogP contribution in [-0.2, 0) is 11.1 Å². The second-order valence-electron chi connectivity index (χ2n) is 1.89. The monoisotopic (exact) mass is 166 g/mol. The molecule has 0 aliphatic rings. The van der Waals surface area contributed by atoms with Crippen molar-refractivity contribution in [2.75, 3.05) is 0 Å². The first-order valence-corrected chi connectivity index (χ1v) is 4.03. The summed E-state index contributed by atoms with van der Waals surface area (Å²) in [5, 5.41) is 0. The molecule has 2 nitrogen and oxygen atoms in total. The molecule has 1 N–H and O–H groups in total. The van der Waals surface area contributed by atoms with Crippen LogP contribution in [0.15, 0.2) is 29.2 Å². The summed E-state index contributed by atoms with van der Waals surface area (Å²) in [6.45, 7) is 0. The Morgan fingerprint density at radius 2 is 2.09 bits per heavy atom. The summed E-state index contributed by atoms with van der Waals surface area (Å²) in [5.41, 5.74) is 0.466. The van der Waals surface area contributed by atoms with Gasteiger partial charge in [-0.05, 0) is 12.1 Å². The molecule has 0 radical (unpaired) electrons. The van der Waals surface area contributed by atoms with E-state index in [9.17, 15) is 4.21 Å². The van der Waals surface area contributed by atoms with Crippen LogP contribution in [0.4, 0.5) is 0 Å². The van der Waals surface area contributed by atoms with Gasteiger partial charge in [0.1, 0.15) is 0 Å². The van der Waals surface area contributed by atoms with Crippen molar-refractivity contribution >= 4 is 11.1 Å². The molecule has 3 heteroatoms. The van der Waals surface area contributed by atoms with Gasteiger partial charge in [0.25, 0.3) is 0 Å². The van der Waals surface area contributed by atoms with Gasteiger partial charge in [-0.2, -0.15) is 0 Å². The Labute approximate surface area is 67.5 Å². The highest BCUT2D eigenvalue weighted by Crippen LogP contribution is 2.09. The molecule has 1 aromatic carbocycles. The summed E-state index contributed by atoms with van der Waals surface area (Å²) < 4.78 is 19.3. The van der Waals surface area contributed by atoms with Crippen molar-refractivity contribution in [2.24, 2.45) is 0 Å². The van der Waals surface area contributed by atoms with E-state index in [2.05, 4.69) is 5.92 Å². The molecule has 0 amide bonds. The Hall–Kier alpha value is -1.11. The van der Waals surface area contributed by atoms with Crippen molar-refractivity contribution < 1.29 is 8.76 Å². The first kappa shape index (κ1) is 7.99. The fourth-order valence-corrected chi connectivity index (χ4v) is 1.25. The number of benzene rings is 1. The minimum Gasteiger partial charge on any atom is -0.302 e. The molecule has 1 unspecified atom stereocenters. The Morgan fingerprint density at radius 3 is 2.55 bits per heavy atom. The maximum absolute atomic E-state index is 10.6. The van der Waals surface area contributed by atoms with Crippen LogP contribution in [0.2, 0.25) is 0 Å². The highest BCUT2D eigenvalue weighted by atomic mass is 32.2. The average Bonchev–Trinajstić information content (AvgIpc) is 2.04. The zero-order chi connectivity index (χ0) is 8.27. The summed E-state index contributed by atoms with van der Waals surface area (Å²) in [4.78, 5) is 0.287. The quantitative estimate of drug-likeness (QED) is 0.503. The van der Waals surface area contributed by atoms with E-state index in [-0.39, 0.29) is 4.90 Å². The summed E-state index contributed by atoms with van der Waals surface area (Å²) >= 11 is -1.98. The summed E-state index contributed by atoms with van der Waals surface area (Å²) in [6.07, 6.45) is 5.09. The number of rotatable bonds is 1. The van der Waals surface area contributed by atoms with Gasteiger partial charge in [-0.1, -0.05) is 18.1 Å². The predicted octanol–water partition coefficient (Wildman–Crippen LogP) is 1.25. The van der Waals surface area contributed by atoms with E-state index < -0.39 is 11.1 Å². The van der Waals surface area contributed by atoms with Gasteiger partial charge in [0.2, 0.25) is 0 Å². The molecule has 56 valence electrons. The molecule has 0 heterocycles. The molecule has 1 aromatic rings.